The van der Waals surface area contributed by atoms with E-state index in [2.05, 4.69) is 20.6 Å². The van der Waals surface area contributed by atoms with E-state index in [1.54, 1.807) is 16.2 Å². The van der Waals surface area contributed by atoms with Gasteiger partial charge < -0.3 is 44.3 Å². The Labute approximate surface area is 431 Å². The molecule has 0 radical (unpaired) electrons. The Morgan fingerprint density at radius 3 is 2.32 bits per heavy atom. The highest BCUT2D eigenvalue weighted by Crippen LogP contribution is 2.39. The standard InChI is InChI=1S/C50H59ClF4N8O7S2/c1-31-43(72-30-59-31)33-15-13-32(14-16-33)26-58-45(66)37-12-10-19-62(37)46(67)44(48(2,3)4)60-39(65)28-69-22-11-21-68-20-8-9-23-70-40-24-35(51)38(27-57-40)63(49(5,6)29-64)47(71)61(7)36-18-17-34(25-56)41(42(36)52)50(53,54)55/h13-18,24,27,29-30,37,44H,8-12,19-23,26,28H2,1-7H3,(H,58,66)(H,60,65)/t37-,44?/m0/s1. The second-order valence-corrected chi connectivity index (χ2v) is 20.3. The minimum absolute atomic E-state index is 0.0294. The fourth-order valence-corrected chi connectivity index (χ4v) is 9.27. The summed E-state index contributed by atoms with van der Waals surface area (Å²) in [7, 11) is 1.22. The third-order valence-corrected chi connectivity index (χ3v) is 13.4. The molecular weight excluding hydrogens is 1000 g/mol. The molecule has 1 aliphatic rings. The molecule has 3 amide bonds. The third kappa shape index (κ3) is 14.7. The van der Waals surface area contributed by atoms with Crippen molar-refractivity contribution in [2.45, 2.75) is 104 Å². The first-order valence-electron chi connectivity index (χ1n) is 23.1. The molecule has 1 saturated heterocycles. The Morgan fingerprint density at radius 1 is 1.01 bits per heavy atom. The average molecular weight is 1060 g/mol. The van der Waals surface area contributed by atoms with Gasteiger partial charge in [0.05, 0.1) is 62.5 Å². The van der Waals surface area contributed by atoms with E-state index in [0.29, 0.717) is 64.7 Å². The maximum Gasteiger partial charge on any atom is 0.420 e. The maximum atomic E-state index is 15.4. The number of thiocarbonyl (C=S) groups is 1. The highest BCUT2D eigenvalue weighted by atomic mass is 35.5. The second kappa shape index (κ2) is 25.2. The first-order valence-corrected chi connectivity index (χ1v) is 24.8. The summed E-state index contributed by atoms with van der Waals surface area (Å²) in [5.41, 5.74) is -0.459. The van der Waals surface area contributed by atoms with Gasteiger partial charge in [0.2, 0.25) is 23.6 Å². The van der Waals surface area contributed by atoms with Crippen LogP contribution in [0.1, 0.15) is 89.1 Å². The molecule has 388 valence electrons. The van der Waals surface area contributed by atoms with Crippen LogP contribution in [-0.4, -0.2) is 108 Å². The molecule has 72 heavy (non-hydrogen) atoms. The molecule has 2 atom stereocenters. The number of alkyl halides is 3. The predicted octanol–water partition coefficient (Wildman–Crippen LogP) is 8.82. The highest BCUT2D eigenvalue weighted by Gasteiger charge is 2.43. The van der Waals surface area contributed by atoms with Crippen molar-refractivity contribution in [2.24, 2.45) is 5.41 Å². The number of rotatable bonds is 22. The molecular formula is C50H59ClF4N8O7S2. The lowest BCUT2D eigenvalue weighted by Gasteiger charge is -2.40. The molecule has 2 aromatic carbocycles. The van der Waals surface area contributed by atoms with Crippen LogP contribution < -0.4 is 25.2 Å². The number of aromatic nitrogens is 2. The summed E-state index contributed by atoms with van der Waals surface area (Å²) < 4.78 is 73.6. The van der Waals surface area contributed by atoms with Crippen molar-refractivity contribution in [1.29, 1.82) is 5.26 Å². The van der Waals surface area contributed by atoms with Crippen molar-refractivity contribution in [3.8, 4) is 22.4 Å². The number of hydrogen-bond acceptors (Lipinski definition) is 12. The largest absolute Gasteiger partial charge is 0.478 e. The molecule has 1 fully saturated rings. The molecule has 5 rings (SSSR count). The molecule has 0 saturated carbocycles. The summed E-state index contributed by atoms with van der Waals surface area (Å²) in [5, 5.41) is 14.7. The van der Waals surface area contributed by atoms with E-state index < -0.39 is 57.8 Å². The molecule has 3 heterocycles. The summed E-state index contributed by atoms with van der Waals surface area (Å²) in [6, 6.07) is 11.0. The number of carbonyl (C=O) groups is 4. The quantitative estimate of drug-likeness (QED) is 0.0330. The molecule has 0 aliphatic carbocycles. The molecule has 0 spiro atoms. The molecule has 1 unspecified atom stereocenters. The van der Waals surface area contributed by atoms with Crippen molar-refractivity contribution in [1.82, 2.24) is 25.5 Å². The van der Waals surface area contributed by atoms with Gasteiger partial charge in [-0.3, -0.25) is 14.4 Å². The van der Waals surface area contributed by atoms with Crippen LogP contribution in [0.5, 0.6) is 5.88 Å². The summed E-state index contributed by atoms with van der Waals surface area (Å²) in [4.78, 5) is 66.0. The van der Waals surface area contributed by atoms with Crippen LogP contribution in [0.25, 0.3) is 10.4 Å². The average Bonchev–Trinajstić information content (AvgIpc) is 4.01. The van der Waals surface area contributed by atoms with Crippen LogP contribution in [-0.2, 0) is 41.4 Å². The number of amides is 3. The van der Waals surface area contributed by atoms with E-state index >= 15 is 4.39 Å². The van der Waals surface area contributed by atoms with Crippen molar-refractivity contribution < 1.29 is 51.0 Å². The number of nitriles is 1. The van der Waals surface area contributed by atoms with Crippen molar-refractivity contribution in [2.75, 3.05) is 56.4 Å². The lowest BCUT2D eigenvalue weighted by Crippen LogP contribution is -2.58. The minimum atomic E-state index is -5.17. The van der Waals surface area contributed by atoms with Gasteiger partial charge in [-0.15, -0.1) is 11.3 Å². The number of halogens is 5. The predicted molar refractivity (Wildman–Crippen MR) is 270 cm³/mol. The Morgan fingerprint density at radius 2 is 1.69 bits per heavy atom. The van der Waals surface area contributed by atoms with E-state index in [0.717, 1.165) is 38.7 Å². The van der Waals surface area contributed by atoms with E-state index in [-0.39, 0.29) is 53.3 Å². The van der Waals surface area contributed by atoms with Gasteiger partial charge in [0.15, 0.2) is 10.9 Å². The fourth-order valence-electron chi connectivity index (χ4n) is 7.80. The Kier molecular flexibility index (Phi) is 20.0. The number of carbonyl (C=O) groups excluding carboxylic acids is 4. The van der Waals surface area contributed by atoms with Crippen LogP contribution in [0.15, 0.2) is 54.2 Å². The van der Waals surface area contributed by atoms with Gasteiger partial charge in [-0.2, -0.15) is 18.4 Å². The van der Waals surface area contributed by atoms with Crippen LogP contribution in [0, 0.1) is 29.5 Å². The smallest absolute Gasteiger partial charge is 0.420 e. The topological polar surface area (TPSA) is 179 Å². The monoisotopic (exact) mass is 1060 g/mol. The zero-order valence-electron chi connectivity index (χ0n) is 41.2. The van der Waals surface area contributed by atoms with Crippen LogP contribution in [0.4, 0.5) is 28.9 Å². The van der Waals surface area contributed by atoms with E-state index in [1.807, 2.05) is 57.5 Å². The zero-order chi connectivity index (χ0) is 53.0. The molecule has 22 heteroatoms. The fraction of sp³-hybridized carbons (Fsp3) is 0.480. The number of nitrogens with one attached hydrogen (secondary N) is 2. The molecule has 1 aliphatic heterocycles. The summed E-state index contributed by atoms with van der Waals surface area (Å²) in [5.74, 6) is -2.59. The number of ether oxygens (including phenoxy) is 3. The van der Waals surface area contributed by atoms with Gasteiger partial charge >= 0.3 is 6.18 Å². The third-order valence-electron chi connectivity index (χ3n) is 11.7. The number of likely N-dealkylation sites (tertiary alicyclic amines) is 1. The number of thiazole rings is 1. The van der Waals surface area contributed by atoms with Crippen LogP contribution in [0.2, 0.25) is 5.02 Å². The first kappa shape index (κ1) is 57.1. The molecule has 4 aromatic rings. The first-order chi connectivity index (χ1) is 34.0. The number of aryl methyl sites for hydroxylation is 1. The number of anilines is 2. The summed E-state index contributed by atoms with van der Waals surface area (Å²) in [6.45, 7) is 12.2. The minimum Gasteiger partial charge on any atom is -0.478 e. The van der Waals surface area contributed by atoms with Gasteiger partial charge in [-0.1, -0.05) is 56.6 Å². The van der Waals surface area contributed by atoms with E-state index in [4.69, 9.17) is 38.0 Å². The Bertz CT molecular complexity index is 2610. The van der Waals surface area contributed by atoms with E-state index in [1.165, 1.54) is 44.1 Å². The number of hydrogen-bond donors (Lipinski definition) is 2. The Balaban J connectivity index is 1.01. The lowest BCUT2D eigenvalue weighted by atomic mass is 9.85. The van der Waals surface area contributed by atoms with E-state index in [9.17, 15) is 37.6 Å². The van der Waals surface area contributed by atoms with Crippen molar-refractivity contribution in [3.63, 3.8) is 0 Å². The number of benzene rings is 2. The number of nitrogens with zero attached hydrogens (tertiary/aromatic N) is 6. The zero-order valence-corrected chi connectivity index (χ0v) is 43.5. The lowest BCUT2D eigenvalue weighted by molar-refractivity contribution is -0.144. The summed E-state index contributed by atoms with van der Waals surface area (Å²) >= 11 is 13.8. The molecule has 2 aromatic heterocycles. The number of pyridine rings is 1. The van der Waals surface area contributed by atoms with Crippen molar-refractivity contribution >= 4 is 75.7 Å². The molecule has 15 nitrogen and oxygen atoms in total. The second-order valence-electron chi connectivity index (χ2n) is 18.7. The Hall–Kier alpha value is -5.79. The van der Waals surface area contributed by atoms with Gasteiger partial charge in [0.25, 0.3) is 0 Å². The summed E-state index contributed by atoms with van der Waals surface area (Å²) in [6.07, 6.45) is -0.458. The van der Waals surface area contributed by atoms with Gasteiger partial charge in [-0.05, 0) is 93.8 Å². The normalized spacial score (nSPS) is 14.3. The molecule has 2 N–H and O–H groups in total. The van der Waals surface area contributed by atoms with Gasteiger partial charge in [-0.25, -0.2) is 14.4 Å². The van der Waals surface area contributed by atoms with Gasteiger partial charge in [0.1, 0.15) is 30.5 Å². The van der Waals surface area contributed by atoms with Gasteiger partial charge in [0, 0.05) is 46.0 Å². The van der Waals surface area contributed by atoms with Crippen LogP contribution >= 0.6 is 35.2 Å². The number of unbranched alkanes of at least 4 members (excludes halogenated alkanes) is 1. The number of aldehydes is 1. The highest BCUT2D eigenvalue weighted by molar-refractivity contribution is 7.80. The van der Waals surface area contributed by atoms with Crippen LogP contribution in [0.3, 0.4) is 0 Å². The maximum absolute atomic E-state index is 15.4. The molecule has 0 bridgehead atoms. The SMILES string of the molecule is Cc1ncsc1-c1ccc(CNC(=O)[C@@H]2CCCN2C(=O)C(NC(=O)COCCCOCCCCOc2cc(Cl)c(N(C(=S)N(C)c3ccc(C#N)c(C(F)(F)F)c3F)C(C)(C)C=O)cn2)C(C)(C)C)cc1. The van der Waals surface area contributed by atoms with Crippen molar-refractivity contribution in [3.05, 3.63) is 87.4 Å².